The van der Waals surface area contributed by atoms with Gasteiger partial charge < -0.3 is 10.8 Å². The summed E-state index contributed by atoms with van der Waals surface area (Å²) in [5.41, 5.74) is 5.70. The molecular formula is C9H9ClFNO. The molecule has 0 spiro atoms. The van der Waals surface area contributed by atoms with Crippen LogP contribution in [-0.2, 0) is 0 Å². The Bertz CT molecular complexity index is 341. The summed E-state index contributed by atoms with van der Waals surface area (Å²) in [5, 5.41) is 9.52. The Labute approximate surface area is 80.4 Å². The fourth-order valence-electron chi connectivity index (χ4n) is 0.992. The third-order valence-corrected chi connectivity index (χ3v) is 2.03. The number of phenolic OH excluding ortho intramolecular Hbond substituents is 1. The largest absolute Gasteiger partial charge is 0.505 e. The maximum Gasteiger partial charge on any atom is 0.165 e. The molecule has 0 aromatic heterocycles. The molecule has 0 radical (unpaired) electrons. The number of hydrogen-bond donors (Lipinski definition) is 2. The normalized spacial score (nSPS) is 12.5. The topological polar surface area (TPSA) is 46.2 Å². The van der Waals surface area contributed by atoms with Crippen molar-refractivity contribution in [1.82, 2.24) is 0 Å². The van der Waals surface area contributed by atoms with E-state index >= 15 is 0 Å². The molecule has 0 saturated heterocycles. The molecular weight excluding hydrogens is 193 g/mol. The van der Waals surface area contributed by atoms with Crippen molar-refractivity contribution in [2.24, 2.45) is 5.73 Å². The summed E-state index contributed by atoms with van der Waals surface area (Å²) in [4.78, 5) is 0. The SMILES string of the molecule is C=C[C@H](N)c1c(Cl)ccc(F)c1O. The molecule has 4 heteroatoms. The fourth-order valence-corrected chi connectivity index (χ4v) is 1.27. The number of halogens is 2. The highest BCUT2D eigenvalue weighted by atomic mass is 35.5. The molecule has 2 nitrogen and oxygen atoms in total. The van der Waals surface area contributed by atoms with E-state index in [1.165, 1.54) is 12.1 Å². The van der Waals surface area contributed by atoms with Crippen LogP contribution in [0.25, 0.3) is 0 Å². The van der Waals surface area contributed by atoms with Crippen molar-refractivity contribution >= 4 is 11.6 Å². The fraction of sp³-hybridized carbons (Fsp3) is 0.111. The van der Waals surface area contributed by atoms with Crippen LogP contribution in [0.3, 0.4) is 0 Å². The summed E-state index contributed by atoms with van der Waals surface area (Å²) in [6.07, 6.45) is 1.38. The predicted octanol–water partition coefficient (Wildman–Crippen LogP) is 2.37. The molecule has 0 fully saturated rings. The highest BCUT2D eigenvalue weighted by Crippen LogP contribution is 2.32. The van der Waals surface area contributed by atoms with Crippen LogP contribution in [0, 0.1) is 5.82 Å². The summed E-state index contributed by atoms with van der Waals surface area (Å²) < 4.78 is 12.9. The van der Waals surface area contributed by atoms with Gasteiger partial charge in [-0.1, -0.05) is 17.7 Å². The van der Waals surface area contributed by atoms with E-state index in [2.05, 4.69) is 6.58 Å². The van der Waals surface area contributed by atoms with E-state index in [4.69, 9.17) is 17.3 Å². The summed E-state index contributed by atoms with van der Waals surface area (Å²) in [5.74, 6) is -1.25. The predicted molar refractivity (Wildman–Crippen MR) is 50.2 cm³/mol. The molecule has 0 amide bonds. The molecule has 0 unspecified atom stereocenters. The molecule has 0 heterocycles. The second kappa shape index (κ2) is 3.77. The number of nitrogens with two attached hydrogens (primary N) is 1. The molecule has 70 valence electrons. The Kier molecular flexibility index (Phi) is 2.90. The minimum atomic E-state index is -0.739. The van der Waals surface area contributed by atoms with Crippen LogP contribution in [-0.4, -0.2) is 5.11 Å². The Morgan fingerprint density at radius 2 is 2.23 bits per heavy atom. The van der Waals surface area contributed by atoms with E-state index in [9.17, 15) is 9.50 Å². The lowest BCUT2D eigenvalue weighted by Crippen LogP contribution is -2.08. The van der Waals surface area contributed by atoms with Crippen molar-refractivity contribution < 1.29 is 9.50 Å². The van der Waals surface area contributed by atoms with Crippen LogP contribution in [0.1, 0.15) is 11.6 Å². The standard InChI is InChI=1S/C9H9ClFNO/c1-2-7(12)8-5(10)3-4-6(11)9(8)13/h2-4,7,13H,1,12H2/t7-/m0/s1. The van der Waals surface area contributed by atoms with Crippen molar-refractivity contribution in [3.63, 3.8) is 0 Å². The van der Waals surface area contributed by atoms with Gasteiger partial charge in [0.2, 0.25) is 0 Å². The third kappa shape index (κ3) is 1.82. The summed E-state index contributed by atoms with van der Waals surface area (Å²) in [7, 11) is 0. The van der Waals surface area contributed by atoms with E-state index in [0.29, 0.717) is 0 Å². The molecule has 1 atom stereocenters. The van der Waals surface area contributed by atoms with E-state index in [-0.39, 0.29) is 10.6 Å². The minimum Gasteiger partial charge on any atom is -0.505 e. The Morgan fingerprint density at radius 1 is 1.62 bits per heavy atom. The van der Waals surface area contributed by atoms with Crippen LogP contribution in [0.4, 0.5) is 4.39 Å². The smallest absolute Gasteiger partial charge is 0.165 e. The first-order chi connectivity index (χ1) is 6.07. The highest BCUT2D eigenvalue weighted by Gasteiger charge is 2.15. The first-order valence-electron chi connectivity index (χ1n) is 3.63. The summed E-state index contributed by atoms with van der Waals surface area (Å²) in [6, 6.07) is 1.76. The zero-order chi connectivity index (χ0) is 10.0. The van der Waals surface area contributed by atoms with Gasteiger partial charge >= 0.3 is 0 Å². The Morgan fingerprint density at radius 3 is 2.77 bits per heavy atom. The number of benzene rings is 1. The van der Waals surface area contributed by atoms with Gasteiger partial charge in [-0.15, -0.1) is 6.58 Å². The molecule has 1 aromatic rings. The highest BCUT2D eigenvalue weighted by molar-refractivity contribution is 6.31. The van der Waals surface area contributed by atoms with Crippen LogP contribution in [0.15, 0.2) is 24.8 Å². The molecule has 0 aliphatic rings. The van der Waals surface area contributed by atoms with Gasteiger partial charge in [-0.2, -0.15) is 0 Å². The van der Waals surface area contributed by atoms with Gasteiger partial charge in [-0.25, -0.2) is 4.39 Å². The van der Waals surface area contributed by atoms with Gasteiger partial charge in [0, 0.05) is 10.6 Å². The molecule has 13 heavy (non-hydrogen) atoms. The van der Waals surface area contributed by atoms with E-state index < -0.39 is 17.6 Å². The number of hydrogen-bond acceptors (Lipinski definition) is 2. The van der Waals surface area contributed by atoms with Crippen molar-refractivity contribution in [1.29, 1.82) is 0 Å². The average Bonchev–Trinajstić information content (AvgIpc) is 2.12. The van der Waals surface area contributed by atoms with E-state index in [1.807, 2.05) is 0 Å². The molecule has 0 aliphatic heterocycles. The van der Waals surface area contributed by atoms with Gasteiger partial charge in [-0.3, -0.25) is 0 Å². The van der Waals surface area contributed by atoms with E-state index in [1.54, 1.807) is 0 Å². The summed E-state index contributed by atoms with van der Waals surface area (Å²) in [6.45, 7) is 3.43. The Hall–Kier alpha value is -1.06. The second-order valence-electron chi connectivity index (χ2n) is 2.55. The minimum absolute atomic E-state index is 0.164. The van der Waals surface area contributed by atoms with Crippen molar-refractivity contribution in [3.8, 4) is 5.75 Å². The van der Waals surface area contributed by atoms with Crippen LogP contribution in [0.5, 0.6) is 5.75 Å². The third-order valence-electron chi connectivity index (χ3n) is 1.70. The van der Waals surface area contributed by atoms with Crippen LogP contribution >= 0.6 is 11.6 Å². The molecule has 0 aliphatic carbocycles. The van der Waals surface area contributed by atoms with Gasteiger partial charge in [0.15, 0.2) is 11.6 Å². The quantitative estimate of drug-likeness (QED) is 0.722. The van der Waals surface area contributed by atoms with Gasteiger partial charge in [0.25, 0.3) is 0 Å². The van der Waals surface area contributed by atoms with Crippen molar-refractivity contribution in [2.45, 2.75) is 6.04 Å². The first-order valence-corrected chi connectivity index (χ1v) is 4.00. The lowest BCUT2D eigenvalue weighted by Gasteiger charge is -2.11. The van der Waals surface area contributed by atoms with Gasteiger partial charge in [-0.05, 0) is 12.1 Å². The van der Waals surface area contributed by atoms with E-state index in [0.717, 1.165) is 6.07 Å². The molecule has 0 saturated carbocycles. The maximum atomic E-state index is 12.9. The lowest BCUT2D eigenvalue weighted by molar-refractivity contribution is 0.424. The number of aromatic hydroxyl groups is 1. The van der Waals surface area contributed by atoms with Crippen LogP contribution < -0.4 is 5.73 Å². The zero-order valence-corrected chi connectivity index (χ0v) is 7.55. The molecule has 3 N–H and O–H groups in total. The Balaban J connectivity index is 3.32. The molecule has 1 aromatic carbocycles. The number of rotatable bonds is 2. The number of phenols is 1. The average molecular weight is 202 g/mol. The lowest BCUT2D eigenvalue weighted by atomic mass is 10.1. The molecule has 0 bridgehead atoms. The van der Waals surface area contributed by atoms with Gasteiger partial charge in [0.1, 0.15) is 0 Å². The van der Waals surface area contributed by atoms with Crippen molar-refractivity contribution in [3.05, 3.63) is 41.2 Å². The van der Waals surface area contributed by atoms with Crippen LogP contribution in [0.2, 0.25) is 5.02 Å². The van der Waals surface area contributed by atoms with Crippen molar-refractivity contribution in [2.75, 3.05) is 0 Å². The first kappa shape index (κ1) is 10.0. The zero-order valence-electron chi connectivity index (χ0n) is 6.80. The van der Waals surface area contributed by atoms with Gasteiger partial charge in [0.05, 0.1) is 6.04 Å². The molecule has 1 rings (SSSR count). The second-order valence-corrected chi connectivity index (χ2v) is 2.96. The monoisotopic (exact) mass is 201 g/mol. The summed E-state index contributed by atoms with van der Waals surface area (Å²) >= 11 is 5.72. The maximum absolute atomic E-state index is 12.9.